The highest BCUT2D eigenvalue weighted by Crippen LogP contribution is 2.11. The van der Waals surface area contributed by atoms with Gasteiger partial charge in [0, 0.05) is 30.2 Å². The lowest BCUT2D eigenvalue weighted by Gasteiger charge is -2.03. The van der Waals surface area contributed by atoms with E-state index in [1.54, 1.807) is 0 Å². The van der Waals surface area contributed by atoms with Crippen LogP contribution in [0.1, 0.15) is 18.2 Å². The van der Waals surface area contributed by atoms with Gasteiger partial charge in [-0.25, -0.2) is 4.98 Å². The van der Waals surface area contributed by atoms with Crippen molar-refractivity contribution in [3.05, 3.63) is 53.1 Å². The zero-order valence-corrected chi connectivity index (χ0v) is 10.6. The normalized spacial score (nSPS) is 12.6. The van der Waals surface area contributed by atoms with Gasteiger partial charge >= 0.3 is 0 Å². The number of imidazole rings is 1. The van der Waals surface area contributed by atoms with Gasteiger partial charge < -0.3 is 10.3 Å². The summed E-state index contributed by atoms with van der Waals surface area (Å²) in [5, 5.41) is 0.761. The maximum absolute atomic E-state index is 5.84. The first-order valence-electron chi connectivity index (χ1n) is 5.64. The Kier molecular flexibility index (Phi) is 3.82. The molecular weight excluding hydrogens is 234 g/mol. The quantitative estimate of drug-likeness (QED) is 0.905. The first-order valence-corrected chi connectivity index (χ1v) is 6.02. The Morgan fingerprint density at radius 1 is 1.35 bits per heavy atom. The van der Waals surface area contributed by atoms with E-state index in [4.69, 9.17) is 17.3 Å². The molecule has 0 radical (unpaired) electrons. The SMILES string of the molecule is CC(N)Cc1cn(Cc2ccc(Cl)cc2)cn1. The van der Waals surface area contributed by atoms with Crippen LogP contribution in [0.3, 0.4) is 0 Å². The van der Waals surface area contributed by atoms with Crippen molar-refractivity contribution in [1.29, 1.82) is 0 Å². The Morgan fingerprint density at radius 2 is 2.06 bits per heavy atom. The van der Waals surface area contributed by atoms with Gasteiger partial charge in [0.2, 0.25) is 0 Å². The van der Waals surface area contributed by atoms with E-state index in [1.807, 2.05) is 43.7 Å². The van der Waals surface area contributed by atoms with Gasteiger partial charge in [0.05, 0.1) is 12.0 Å². The second-order valence-electron chi connectivity index (χ2n) is 4.35. The topological polar surface area (TPSA) is 43.8 Å². The number of halogens is 1. The van der Waals surface area contributed by atoms with E-state index in [9.17, 15) is 0 Å². The van der Waals surface area contributed by atoms with Crippen LogP contribution in [0.15, 0.2) is 36.8 Å². The molecule has 1 atom stereocenters. The van der Waals surface area contributed by atoms with Gasteiger partial charge in [-0.3, -0.25) is 0 Å². The van der Waals surface area contributed by atoms with Crippen LogP contribution in [0.25, 0.3) is 0 Å². The Labute approximate surface area is 106 Å². The van der Waals surface area contributed by atoms with E-state index in [-0.39, 0.29) is 6.04 Å². The number of rotatable bonds is 4. The van der Waals surface area contributed by atoms with Crippen molar-refractivity contribution in [3.8, 4) is 0 Å². The summed E-state index contributed by atoms with van der Waals surface area (Å²) in [5.41, 5.74) is 7.98. The summed E-state index contributed by atoms with van der Waals surface area (Å²) in [5.74, 6) is 0. The fraction of sp³-hybridized carbons (Fsp3) is 0.308. The van der Waals surface area contributed by atoms with Gasteiger partial charge in [0.1, 0.15) is 0 Å². The van der Waals surface area contributed by atoms with E-state index in [0.29, 0.717) is 0 Å². The van der Waals surface area contributed by atoms with Crippen molar-refractivity contribution in [1.82, 2.24) is 9.55 Å². The lowest BCUT2D eigenvalue weighted by molar-refractivity contribution is 0.723. The molecule has 0 fully saturated rings. The van der Waals surface area contributed by atoms with Crippen LogP contribution in [0.4, 0.5) is 0 Å². The largest absolute Gasteiger partial charge is 0.333 e. The molecule has 3 nitrogen and oxygen atoms in total. The molecule has 4 heteroatoms. The van der Waals surface area contributed by atoms with Crippen molar-refractivity contribution in [3.63, 3.8) is 0 Å². The number of nitrogens with two attached hydrogens (primary N) is 1. The predicted molar refractivity (Wildman–Crippen MR) is 70.1 cm³/mol. The van der Waals surface area contributed by atoms with Gasteiger partial charge in [-0.15, -0.1) is 0 Å². The molecule has 17 heavy (non-hydrogen) atoms. The number of aromatic nitrogens is 2. The fourth-order valence-corrected chi connectivity index (χ4v) is 1.85. The van der Waals surface area contributed by atoms with E-state index in [0.717, 1.165) is 23.7 Å². The Bertz CT molecular complexity index is 474. The van der Waals surface area contributed by atoms with Gasteiger partial charge in [0.15, 0.2) is 0 Å². The molecule has 0 spiro atoms. The molecule has 0 saturated heterocycles. The molecule has 1 aromatic heterocycles. The highest BCUT2D eigenvalue weighted by molar-refractivity contribution is 6.30. The van der Waals surface area contributed by atoms with Crippen LogP contribution in [-0.2, 0) is 13.0 Å². The number of nitrogens with zero attached hydrogens (tertiary/aromatic N) is 2. The zero-order valence-electron chi connectivity index (χ0n) is 9.81. The number of hydrogen-bond donors (Lipinski definition) is 1. The molecular formula is C13H16ClN3. The number of benzene rings is 1. The maximum Gasteiger partial charge on any atom is 0.0952 e. The summed E-state index contributed by atoms with van der Waals surface area (Å²) in [6.45, 7) is 2.79. The third-order valence-corrected chi connectivity index (χ3v) is 2.75. The van der Waals surface area contributed by atoms with Crippen molar-refractivity contribution in [2.75, 3.05) is 0 Å². The Balaban J connectivity index is 2.03. The Hall–Kier alpha value is -1.32. The summed E-state index contributed by atoms with van der Waals surface area (Å²) in [4.78, 5) is 4.33. The molecule has 1 unspecified atom stereocenters. The Morgan fingerprint density at radius 3 is 2.71 bits per heavy atom. The maximum atomic E-state index is 5.84. The number of hydrogen-bond acceptors (Lipinski definition) is 2. The molecule has 90 valence electrons. The van der Waals surface area contributed by atoms with Gasteiger partial charge in [-0.05, 0) is 24.6 Å². The third-order valence-electron chi connectivity index (χ3n) is 2.50. The van der Waals surface area contributed by atoms with Gasteiger partial charge in [0.25, 0.3) is 0 Å². The van der Waals surface area contributed by atoms with E-state index in [1.165, 1.54) is 5.56 Å². The lowest BCUT2D eigenvalue weighted by Crippen LogP contribution is -2.17. The molecule has 1 aromatic carbocycles. The molecule has 0 aliphatic rings. The molecule has 0 amide bonds. The van der Waals surface area contributed by atoms with Crippen LogP contribution in [0, 0.1) is 0 Å². The van der Waals surface area contributed by atoms with E-state index in [2.05, 4.69) is 9.55 Å². The van der Waals surface area contributed by atoms with Crippen molar-refractivity contribution in [2.24, 2.45) is 5.73 Å². The third kappa shape index (κ3) is 3.58. The van der Waals surface area contributed by atoms with Crippen molar-refractivity contribution < 1.29 is 0 Å². The molecule has 2 rings (SSSR count). The summed E-state index contributed by atoms with van der Waals surface area (Å²) in [6.07, 6.45) is 4.69. The van der Waals surface area contributed by atoms with Gasteiger partial charge in [-0.2, -0.15) is 0 Å². The predicted octanol–water partition coefficient (Wildman–Crippen LogP) is 2.47. The summed E-state index contributed by atoms with van der Waals surface area (Å²) in [7, 11) is 0. The summed E-state index contributed by atoms with van der Waals surface area (Å²) in [6, 6.07) is 7.99. The molecule has 0 aliphatic heterocycles. The standard InChI is InChI=1S/C13H16ClN3/c1-10(15)6-13-8-17(9-16-13)7-11-2-4-12(14)5-3-11/h2-5,8-10H,6-7,15H2,1H3. The average Bonchev–Trinajstić information content (AvgIpc) is 2.68. The molecule has 2 N–H and O–H groups in total. The van der Waals surface area contributed by atoms with Crippen LogP contribution < -0.4 is 5.73 Å². The molecule has 0 aliphatic carbocycles. The molecule has 0 saturated carbocycles. The van der Waals surface area contributed by atoms with E-state index < -0.39 is 0 Å². The second-order valence-corrected chi connectivity index (χ2v) is 4.78. The monoisotopic (exact) mass is 249 g/mol. The second kappa shape index (κ2) is 5.34. The summed E-state index contributed by atoms with van der Waals surface area (Å²) < 4.78 is 2.06. The first kappa shape index (κ1) is 12.1. The average molecular weight is 250 g/mol. The lowest BCUT2D eigenvalue weighted by atomic mass is 10.2. The molecule has 1 heterocycles. The first-order chi connectivity index (χ1) is 8.13. The summed E-state index contributed by atoms with van der Waals surface area (Å²) >= 11 is 5.84. The van der Waals surface area contributed by atoms with Crippen molar-refractivity contribution in [2.45, 2.75) is 25.9 Å². The van der Waals surface area contributed by atoms with Crippen LogP contribution in [0.2, 0.25) is 5.02 Å². The van der Waals surface area contributed by atoms with Crippen LogP contribution in [-0.4, -0.2) is 15.6 Å². The van der Waals surface area contributed by atoms with E-state index >= 15 is 0 Å². The smallest absolute Gasteiger partial charge is 0.0952 e. The minimum atomic E-state index is 0.147. The van der Waals surface area contributed by atoms with Gasteiger partial charge in [-0.1, -0.05) is 23.7 Å². The highest BCUT2D eigenvalue weighted by Gasteiger charge is 2.02. The molecule has 2 aromatic rings. The van der Waals surface area contributed by atoms with Crippen LogP contribution >= 0.6 is 11.6 Å². The fourth-order valence-electron chi connectivity index (χ4n) is 1.73. The van der Waals surface area contributed by atoms with Crippen LogP contribution in [0.5, 0.6) is 0 Å². The zero-order chi connectivity index (χ0) is 12.3. The minimum absolute atomic E-state index is 0.147. The highest BCUT2D eigenvalue weighted by atomic mass is 35.5. The van der Waals surface area contributed by atoms with Crippen molar-refractivity contribution >= 4 is 11.6 Å². The minimum Gasteiger partial charge on any atom is -0.333 e. The molecule has 0 bridgehead atoms.